The standard InChI is InChI=1S/C16H22N2O4/c1-2-20-10-15(19)18-11-16(12-18)13(6-8-22-16)9-21-14-5-3-4-7-17-14/h3-5,7,13H,2,6,8-12H2,1H3/t13-/m1/s1. The fourth-order valence-corrected chi connectivity index (χ4v) is 3.05. The Morgan fingerprint density at radius 1 is 1.50 bits per heavy atom. The molecule has 0 radical (unpaired) electrons. The van der Waals surface area contributed by atoms with Gasteiger partial charge in [0.25, 0.3) is 0 Å². The molecule has 1 spiro atoms. The zero-order valence-corrected chi connectivity index (χ0v) is 12.9. The fourth-order valence-electron chi connectivity index (χ4n) is 3.05. The van der Waals surface area contributed by atoms with E-state index in [2.05, 4.69) is 4.98 Å². The van der Waals surface area contributed by atoms with E-state index in [0.717, 1.165) is 13.0 Å². The van der Waals surface area contributed by atoms with E-state index < -0.39 is 0 Å². The quantitative estimate of drug-likeness (QED) is 0.788. The molecule has 0 saturated carbocycles. The maximum atomic E-state index is 11.9. The van der Waals surface area contributed by atoms with Crippen molar-refractivity contribution in [2.24, 2.45) is 5.92 Å². The molecule has 1 atom stereocenters. The van der Waals surface area contributed by atoms with Gasteiger partial charge in [0, 0.05) is 31.4 Å². The van der Waals surface area contributed by atoms with Crippen LogP contribution in [-0.4, -0.2) is 60.9 Å². The molecule has 6 heteroatoms. The van der Waals surface area contributed by atoms with Crippen LogP contribution in [-0.2, 0) is 14.3 Å². The lowest BCUT2D eigenvalue weighted by Gasteiger charge is -2.50. The lowest BCUT2D eigenvalue weighted by atomic mass is 9.81. The molecule has 2 fully saturated rings. The average Bonchev–Trinajstić information content (AvgIpc) is 2.94. The lowest BCUT2D eigenvalue weighted by molar-refractivity contribution is -0.170. The Hall–Kier alpha value is -1.66. The predicted molar refractivity (Wildman–Crippen MR) is 79.6 cm³/mol. The van der Waals surface area contributed by atoms with Crippen LogP contribution in [0.5, 0.6) is 5.88 Å². The van der Waals surface area contributed by atoms with Crippen molar-refractivity contribution in [1.82, 2.24) is 9.88 Å². The number of carbonyl (C=O) groups excluding carboxylic acids is 1. The summed E-state index contributed by atoms with van der Waals surface area (Å²) in [6.45, 7) is 5.16. The van der Waals surface area contributed by atoms with Crippen LogP contribution in [0.25, 0.3) is 0 Å². The summed E-state index contributed by atoms with van der Waals surface area (Å²) in [6.07, 6.45) is 2.67. The van der Waals surface area contributed by atoms with Crippen LogP contribution in [0.2, 0.25) is 0 Å². The SMILES string of the molecule is CCOCC(=O)N1CC2(C1)OCC[C@@H]2COc1ccccn1. The van der Waals surface area contributed by atoms with Crippen molar-refractivity contribution in [3.63, 3.8) is 0 Å². The van der Waals surface area contributed by atoms with E-state index in [1.807, 2.05) is 25.1 Å². The summed E-state index contributed by atoms with van der Waals surface area (Å²) >= 11 is 0. The molecule has 0 unspecified atom stereocenters. The smallest absolute Gasteiger partial charge is 0.248 e. The molecule has 0 bridgehead atoms. The minimum Gasteiger partial charge on any atom is -0.477 e. The van der Waals surface area contributed by atoms with E-state index in [0.29, 0.717) is 38.1 Å². The van der Waals surface area contributed by atoms with Gasteiger partial charge in [0.1, 0.15) is 12.2 Å². The number of hydrogen-bond donors (Lipinski definition) is 0. The molecule has 1 aromatic rings. The van der Waals surface area contributed by atoms with Crippen LogP contribution in [0.1, 0.15) is 13.3 Å². The number of nitrogens with zero attached hydrogens (tertiary/aromatic N) is 2. The molecule has 22 heavy (non-hydrogen) atoms. The number of rotatable bonds is 6. The topological polar surface area (TPSA) is 60.9 Å². The van der Waals surface area contributed by atoms with Gasteiger partial charge in [-0.3, -0.25) is 4.79 Å². The highest BCUT2D eigenvalue weighted by Gasteiger charge is 2.54. The number of likely N-dealkylation sites (tertiary alicyclic amines) is 1. The van der Waals surface area contributed by atoms with Gasteiger partial charge in [-0.05, 0) is 19.4 Å². The first kappa shape index (κ1) is 15.2. The van der Waals surface area contributed by atoms with Crippen molar-refractivity contribution >= 4 is 5.91 Å². The Labute approximate surface area is 130 Å². The van der Waals surface area contributed by atoms with Gasteiger partial charge in [0.15, 0.2) is 0 Å². The zero-order chi connectivity index (χ0) is 15.4. The highest BCUT2D eigenvalue weighted by atomic mass is 16.5. The fraction of sp³-hybridized carbons (Fsp3) is 0.625. The van der Waals surface area contributed by atoms with Gasteiger partial charge in [-0.25, -0.2) is 4.98 Å². The van der Waals surface area contributed by atoms with Gasteiger partial charge in [-0.1, -0.05) is 6.07 Å². The Balaban J connectivity index is 1.51. The summed E-state index contributed by atoms with van der Waals surface area (Å²) in [6, 6.07) is 5.61. The van der Waals surface area contributed by atoms with Crippen LogP contribution in [0.4, 0.5) is 0 Å². The molecule has 2 aliphatic heterocycles. The van der Waals surface area contributed by atoms with Gasteiger partial charge in [-0.15, -0.1) is 0 Å². The molecule has 6 nitrogen and oxygen atoms in total. The highest BCUT2D eigenvalue weighted by molar-refractivity contribution is 5.78. The molecule has 3 rings (SSSR count). The first-order valence-corrected chi connectivity index (χ1v) is 7.77. The Morgan fingerprint density at radius 3 is 3.09 bits per heavy atom. The second-order valence-corrected chi connectivity index (χ2v) is 5.76. The monoisotopic (exact) mass is 306 g/mol. The molecule has 1 aromatic heterocycles. The summed E-state index contributed by atoms with van der Waals surface area (Å²) in [7, 11) is 0. The van der Waals surface area contributed by atoms with E-state index >= 15 is 0 Å². The molecule has 3 heterocycles. The van der Waals surface area contributed by atoms with Gasteiger partial charge >= 0.3 is 0 Å². The largest absolute Gasteiger partial charge is 0.477 e. The summed E-state index contributed by atoms with van der Waals surface area (Å²) < 4.78 is 16.9. The third-order valence-electron chi connectivity index (χ3n) is 4.37. The summed E-state index contributed by atoms with van der Waals surface area (Å²) in [4.78, 5) is 17.9. The molecule has 0 aliphatic carbocycles. The molecule has 120 valence electrons. The van der Waals surface area contributed by atoms with Gasteiger partial charge < -0.3 is 19.1 Å². The minimum absolute atomic E-state index is 0.0346. The Bertz CT molecular complexity index is 502. The van der Waals surface area contributed by atoms with Crippen LogP contribution < -0.4 is 4.74 Å². The number of pyridine rings is 1. The molecule has 2 aliphatic rings. The van der Waals surface area contributed by atoms with E-state index in [-0.39, 0.29) is 18.1 Å². The number of ether oxygens (including phenoxy) is 3. The Kier molecular flexibility index (Phi) is 4.59. The highest BCUT2D eigenvalue weighted by Crippen LogP contribution is 2.40. The van der Waals surface area contributed by atoms with E-state index in [1.54, 1.807) is 11.1 Å². The van der Waals surface area contributed by atoms with E-state index in [9.17, 15) is 4.79 Å². The number of hydrogen-bond acceptors (Lipinski definition) is 5. The molecular weight excluding hydrogens is 284 g/mol. The molecule has 1 amide bonds. The van der Waals surface area contributed by atoms with Crippen LogP contribution in [0, 0.1) is 5.92 Å². The average molecular weight is 306 g/mol. The minimum atomic E-state index is -0.239. The van der Waals surface area contributed by atoms with Gasteiger partial charge in [0.2, 0.25) is 11.8 Å². The van der Waals surface area contributed by atoms with Gasteiger partial charge in [0.05, 0.1) is 19.7 Å². The second-order valence-electron chi connectivity index (χ2n) is 5.76. The van der Waals surface area contributed by atoms with Gasteiger partial charge in [-0.2, -0.15) is 0 Å². The molecular formula is C16H22N2O4. The molecule has 0 N–H and O–H groups in total. The number of aromatic nitrogens is 1. The van der Waals surface area contributed by atoms with Crippen molar-refractivity contribution < 1.29 is 19.0 Å². The van der Waals surface area contributed by atoms with Crippen molar-refractivity contribution in [1.29, 1.82) is 0 Å². The maximum absolute atomic E-state index is 11.9. The maximum Gasteiger partial charge on any atom is 0.248 e. The summed E-state index contributed by atoms with van der Waals surface area (Å²) in [5.74, 6) is 0.964. The third kappa shape index (κ3) is 3.08. The number of carbonyl (C=O) groups is 1. The number of amides is 1. The molecule has 0 aromatic carbocycles. The summed E-state index contributed by atoms with van der Waals surface area (Å²) in [5, 5.41) is 0. The van der Waals surface area contributed by atoms with Crippen molar-refractivity contribution in [2.75, 3.05) is 39.5 Å². The molecule has 2 saturated heterocycles. The zero-order valence-electron chi connectivity index (χ0n) is 12.9. The van der Waals surface area contributed by atoms with Crippen molar-refractivity contribution in [3.05, 3.63) is 24.4 Å². The van der Waals surface area contributed by atoms with Crippen molar-refractivity contribution in [2.45, 2.75) is 18.9 Å². The third-order valence-corrected chi connectivity index (χ3v) is 4.37. The first-order valence-electron chi connectivity index (χ1n) is 7.77. The first-order chi connectivity index (χ1) is 10.7. The van der Waals surface area contributed by atoms with E-state index in [4.69, 9.17) is 14.2 Å². The second kappa shape index (κ2) is 6.62. The van der Waals surface area contributed by atoms with Crippen molar-refractivity contribution in [3.8, 4) is 5.88 Å². The van der Waals surface area contributed by atoms with Crippen LogP contribution in [0.15, 0.2) is 24.4 Å². The van der Waals surface area contributed by atoms with Crippen LogP contribution >= 0.6 is 0 Å². The normalized spacial score (nSPS) is 22.6. The predicted octanol–water partition coefficient (Wildman–Crippen LogP) is 1.11. The lowest BCUT2D eigenvalue weighted by Crippen LogP contribution is -2.67. The Morgan fingerprint density at radius 2 is 2.36 bits per heavy atom. The van der Waals surface area contributed by atoms with E-state index in [1.165, 1.54) is 0 Å². The summed E-state index contributed by atoms with van der Waals surface area (Å²) in [5.41, 5.74) is -0.239. The van der Waals surface area contributed by atoms with Crippen LogP contribution in [0.3, 0.4) is 0 Å².